The van der Waals surface area contributed by atoms with Crippen LogP contribution in [0.2, 0.25) is 0 Å². The van der Waals surface area contributed by atoms with Crippen molar-refractivity contribution in [2.45, 2.75) is 19.3 Å². The Hall–Kier alpha value is -6.18. The second-order valence-corrected chi connectivity index (χ2v) is 9.66. The molecule has 0 radical (unpaired) electrons. The molecule has 0 atom stereocenters. The lowest BCUT2D eigenvalue weighted by Gasteiger charge is -2.27. The number of hydrogen-bond acceptors (Lipinski definition) is 10. The van der Waals surface area contributed by atoms with Gasteiger partial charge in [-0.15, -0.1) is 0 Å². The molecule has 43 heavy (non-hydrogen) atoms. The third kappa shape index (κ3) is 5.31. The summed E-state index contributed by atoms with van der Waals surface area (Å²) in [5, 5.41) is 36.7. The van der Waals surface area contributed by atoms with Gasteiger partial charge in [-0.1, -0.05) is 26.0 Å². The molecule has 0 aliphatic rings. The zero-order valence-corrected chi connectivity index (χ0v) is 22.0. The Kier molecular flexibility index (Phi) is 7.39. The second-order valence-electron chi connectivity index (χ2n) is 9.66. The number of furan rings is 2. The fraction of sp³-hybridized carbons (Fsp3) is 0.103. The average molecular weight is 590 g/mol. The van der Waals surface area contributed by atoms with E-state index in [9.17, 15) is 48.6 Å². The third-order valence-electron chi connectivity index (χ3n) is 6.81. The van der Waals surface area contributed by atoms with Gasteiger partial charge < -0.3 is 29.3 Å². The van der Waals surface area contributed by atoms with Crippen molar-refractivity contribution in [1.29, 1.82) is 0 Å². The minimum Gasteiger partial charge on any atom is -0.478 e. The van der Waals surface area contributed by atoms with Crippen LogP contribution in [-0.4, -0.2) is 44.3 Å². The molecule has 4 N–H and O–H groups in total. The fourth-order valence-electron chi connectivity index (χ4n) is 4.42. The number of fused-ring (bicyclic) bond motifs is 2. The monoisotopic (exact) mass is 590 g/mol. The Balaban J connectivity index is 0.000000222. The Morgan fingerprint density at radius 3 is 1.02 bits per heavy atom. The fourth-order valence-corrected chi connectivity index (χ4v) is 4.42. The quantitative estimate of drug-likeness (QED) is 0.222. The van der Waals surface area contributed by atoms with E-state index in [4.69, 9.17) is 10.2 Å². The second kappa shape index (κ2) is 10.7. The first-order chi connectivity index (χ1) is 20.0. The largest absolute Gasteiger partial charge is 0.478 e. The topological polar surface area (TPSA) is 244 Å². The summed E-state index contributed by atoms with van der Waals surface area (Å²) in [6, 6.07) is 9.97. The molecule has 0 spiro atoms. The molecule has 2 heterocycles. The molecular weight excluding hydrogens is 572 g/mol. The van der Waals surface area contributed by atoms with Crippen molar-refractivity contribution in [2.75, 3.05) is 0 Å². The van der Waals surface area contributed by atoms with E-state index in [-0.39, 0.29) is 32.7 Å². The Morgan fingerprint density at radius 1 is 0.488 bits per heavy atom. The number of carbonyl (C=O) groups is 4. The van der Waals surface area contributed by atoms with Crippen LogP contribution in [0.4, 0.5) is 0 Å². The normalized spacial score (nSPS) is 11.2. The lowest BCUT2D eigenvalue weighted by Crippen LogP contribution is -2.22. The van der Waals surface area contributed by atoms with Crippen molar-refractivity contribution in [1.82, 2.24) is 0 Å². The van der Waals surface area contributed by atoms with Crippen molar-refractivity contribution >= 4 is 45.4 Å². The van der Waals surface area contributed by atoms with Gasteiger partial charge in [0.25, 0.3) is 0 Å². The molecule has 2 aromatic heterocycles. The van der Waals surface area contributed by atoms with E-state index in [2.05, 4.69) is 8.83 Å². The zero-order chi connectivity index (χ0) is 32.0. The van der Waals surface area contributed by atoms with Gasteiger partial charge in [0, 0.05) is 5.41 Å². The van der Waals surface area contributed by atoms with Crippen molar-refractivity contribution in [3.63, 3.8) is 0 Å². The molecule has 5 rings (SSSR count). The first kappa shape index (κ1) is 29.8. The summed E-state index contributed by atoms with van der Waals surface area (Å²) in [7, 11) is 0. The van der Waals surface area contributed by atoms with Crippen LogP contribution >= 0.6 is 0 Å². The summed E-state index contributed by atoms with van der Waals surface area (Å²) in [4.78, 5) is 89.9. The first-order valence-electron chi connectivity index (χ1n) is 12.0. The molecule has 0 unspecified atom stereocenters. The van der Waals surface area contributed by atoms with Gasteiger partial charge in [0.2, 0.25) is 0 Å². The Morgan fingerprint density at radius 2 is 0.767 bits per heavy atom. The minimum absolute atomic E-state index is 0.0181. The molecule has 0 aliphatic heterocycles. The summed E-state index contributed by atoms with van der Waals surface area (Å²) in [6.45, 7) is 3.38. The van der Waals surface area contributed by atoms with E-state index in [1.807, 2.05) is 0 Å². The summed E-state index contributed by atoms with van der Waals surface area (Å²) in [5.41, 5.74) is -4.86. The van der Waals surface area contributed by atoms with Gasteiger partial charge >= 0.3 is 46.4 Å². The molecular formula is C29H18O14. The van der Waals surface area contributed by atoms with E-state index in [1.165, 1.54) is 36.4 Å². The van der Waals surface area contributed by atoms with Gasteiger partial charge in [-0.2, -0.15) is 0 Å². The van der Waals surface area contributed by atoms with Gasteiger partial charge in [-0.05, 0) is 47.5 Å². The van der Waals surface area contributed by atoms with E-state index in [0.29, 0.717) is 11.1 Å². The van der Waals surface area contributed by atoms with Crippen LogP contribution in [0.25, 0.3) is 21.5 Å². The van der Waals surface area contributed by atoms with Gasteiger partial charge in [0.1, 0.15) is 0 Å². The van der Waals surface area contributed by atoms with Gasteiger partial charge in [-0.3, -0.25) is 0 Å². The van der Waals surface area contributed by atoms with Crippen LogP contribution in [0.3, 0.4) is 0 Å². The zero-order valence-electron chi connectivity index (χ0n) is 22.0. The highest BCUT2D eigenvalue weighted by atomic mass is 16.4. The Labute approximate surface area is 237 Å². The Bertz CT molecular complexity index is 1980. The van der Waals surface area contributed by atoms with E-state index in [0.717, 1.165) is 12.1 Å². The molecule has 3 aromatic carbocycles. The molecule has 5 aromatic rings. The summed E-state index contributed by atoms with van der Waals surface area (Å²) in [5.74, 6) is -5.57. The summed E-state index contributed by atoms with van der Waals surface area (Å²) < 4.78 is 8.68. The maximum atomic E-state index is 11.4. The van der Waals surface area contributed by atoms with Crippen LogP contribution in [0.5, 0.6) is 0 Å². The number of carboxylic acid groups (broad SMARTS) is 4. The molecule has 0 amide bonds. The number of carboxylic acids is 4. The van der Waals surface area contributed by atoms with Crippen LogP contribution in [0.1, 0.15) is 66.4 Å². The standard InChI is InChI=1S/C19H16O8.C10H2O6/c1-19(2,9-3-5-11(15(20)21)13(7-9)17(24)25)10-4-6-12(16(22)23)14(8-10)18(26)27;11-7-3-1-4-6(10(14)16-8(4)12)2-5(3)9(13)15-7/h3-8H,1-2H3,(H,20,21)(H,22,23)(H,24,25)(H,26,27);1-2H. The molecule has 0 aliphatic carbocycles. The van der Waals surface area contributed by atoms with Crippen molar-refractivity contribution in [2.24, 2.45) is 0 Å². The van der Waals surface area contributed by atoms with Crippen LogP contribution in [0, 0.1) is 0 Å². The van der Waals surface area contributed by atoms with Gasteiger partial charge in [-0.25, -0.2) is 38.4 Å². The molecule has 0 saturated heterocycles. The maximum absolute atomic E-state index is 11.4. The smallest absolute Gasteiger partial charge is 0.346 e. The highest BCUT2D eigenvalue weighted by Gasteiger charge is 2.28. The van der Waals surface area contributed by atoms with Crippen LogP contribution in [-0.2, 0) is 5.41 Å². The van der Waals surface area contributed by atoms with Crippen molar-refractivity contribution < 1.29 is 48.4 Å². The number of rotatable bonds is 6. The SMILES string of the molecule is CC(C)(c1ccc(C(=O)O)c(C(=O)O)c1)c1ccc(C(=O)O)c(C(=O)O)c1.O=c1oc(=O)c2cc3c(=O)oc(=O)c3cc12. The number of aromatic carboxylic acids is 4. The lowest BCUT2D eigenvalue weighted by molar-refractivity contribution is 0.0651. The van der Waals surface area contributed by atoms with E-state index < -0.39 is 62.9 Å². The molecule has 0 bridgehead atoms. The predicted molar refractivity (Wildman–Crippen MR) is 146 cm³/mol. The summed E-state index contributed by atoms with van der Waals surface area (Å²) in [6.07, 6.45) is 0. The lowest BCUT2D eigenvalue weighted by atomic mass is 9.76. The number of hydrogen-bond donors (Lipinski definition) is 4. The van der Waals surface area contributed by atoms with Gasteiger partial charge in [0.05, 0.1) is 43.8 Å². The molecule has 218 valence electrons. The van der Waals surface area contributed by atoms with Crippen molar-refractivity contribution in [3.8, 4) is 0 Å². The first-order valence-corrected chi connectivity index (χ1v) is 12.0. The molecule has 14 nitrogen and oxygen atoms in total. The third-order valence-corrected chi connectivity index (χ3v) is 6.81. The van der Waals surface area contributed by atoms with Crippen LogP contribution in [0.15, 0.2) is 76.5 Å². The van der Waals surface area contributed by atoms with E-state index >= 15 is 0 Å². The highest BCUT2D eigenvalue weighted by Crippen LogP contribution is 2.34. The van der Waals surface area contributed by atoms with Gasteiger partial charge in [0.15, 0.2) is 0 Å². The molecule has 0 fully saturated rings. The molecule has 0 saturated carbocycles. The van der Waals surface area contributed by atoms with Crippen LogP contribution < -0.4 is 22.5 Å². The minimum atomic E-state index is -1.41. The number of benzene rings is 3. The predicted octanol–water partition coefficient (Wildman–Crippen LogP) is 2.30. The average Bonchev–Trinajstić information content (AvgIpc) is 3.39. The highest BCUT2D eigenvalue weighted by molar-refractivity contribution is 6.03. The summed E-state index contributed by atoms with van der Waals surface area (Å²) >= 11 is 0. The van der Waals surface area contributed by atoms with E-state index in [1.54, 1.807) is 13.8 Å². The maximum Gasteiger partial charge on any atom is 0.346 e. The molecule has 14 heteroatoms. The van der Waals surface area contributed by atoms with Crippen molar-refractivity contribution in [3.05, 3.63) is 124 Å².